The molecule has 4 nitrogen and oxygen atoms in total. The number of hydrogen-bond acceptors (Lipinski definition) is 3. The van der Waals surface area contributed by atoms with Crippen LogP contribution >= 0.6 is 0 Å². The Balaban J connectivity index is 2.49. The van der Waals surface area contributed by atoms with Crippen LogP contribution in [0.25, 0.3) is 10.8 Å². The Bertz CT molecular complexity index is 650. The van der Waals surface area contributed by atoms with Crippen molar-refractivity contribution in [1.29, 1.82) is 0 Å². The van der Waals surface area contributed by atoms with Crippen molar-refractivity contribution in [2.75, 3.05) is 14.1 Å². The molecule has 2 aromatic carbocycles. The Morgan fingerprint density at radius 3 is 2.43 bits per heavy atom. The topological polar surface area (TPSA) is 49.8 Å². The molecule has 4 heteroatoms. The molecule has 0 spiro atoms. The van der Waals surface area contributed by atoms with Gasteiger partial charge in [-0.25, -0.2) is 0 Å². The van der Waals surface area contributed by atoms with Crippen molar-refractivity contribution >= 4 is 16.7 Å². The number of nitrogens with zero attached hydrogens (tertiary/aromatic N) is 1. The van der Waals surface area contributed by atoms with Crippen molar-refractivity contribution in [3.8, 4) is 5.75 Å². The van der Waals surface area contributed by atoms with E-state index in [-0.39, 0.29) is 5.91 Å². The van der Waals surface area contributed by atoms with E-state index in [2.05, 4.69) is 0 Å². The molecule has 2 atom stereocenters. The van der Waals surface area contributed by atoms with Crippen LogP contribution in [0.15, 0.2) is 36.4 Å². The van der Waals surface area contributed by atoms with Gasteiger partial charge in [0.2, 0.25) is 0 Å². The third kappa shape index (κ3) is 3.16. The lowest BCUT2D eigenvalue weighted by Gasteiger charge is -2.22. The lowest BCUT2D eigenvalue weighted by molar-refractivity contribution is -0.135. The van der Waals surface area contributed by atoms with Gasteiger partial charge in [0, 0.05) is 25.0 Å². The number of fused-ring (bicyclic) bond motifs is 1. The third-order valence-corrected chi connectivity index (χ3v) is 3.44. The molecule has 0 bridgehead atoms. The fraction of sp³-hybridized carbons (Fsp3) is 0.353. The van der Waals surface area contributed by atoms with E-state index in [1.165, 1.54) is 4.90 Å². The van der Waals surface area contributed by atoms with E-state index >= 15 is 0 Å². The van der Waals surface area contributed by atoms with E-state index < -0.39 is 12.2 Å². The van der Waals surface area contributed by atoms with E-state index in [1.807, 2.05) is 36.4 Å². The van der Waals surface area contributed by atoms with Gasteiger partial charge in [0.05, 0.1) is 6.10 Å². The zero-order chi connectivity index (χ0) is 15.6. The average Bonchev–Trinajstić information content (AvgIpc) is 2.46. The summed E-state index contributed by atoms with van der Waals surface area (Å²) in [6.07, 6.45) is -1.27. The van der Waals surface area contributed by atoms with Crippen LogP contribution in [-0.4, -0.2) is 36.1 Å². The predicted molar refractivity (Wildman–Crippen MR) is 83.4 cm³/mol. The molecule has 1 amide bonds. The van der Waals surface area contributed by atoms with Crippen molar-refractivity contribution in [2.24, 2.45) is 0 Å². The fourth-order valence-corrected chi connectivity index (χ4v) is 2.31. The molecule has 0 aromatic heterocycles. The monoisotopic (exact) mass is 287 g/mol. The molecule has 0 aliphatic carbocycles. The summed E-state index contributed by atoms with van der Waals surface area (Å²) in [4.78, 5) is 13.5. The number of benzene rings is 2. The largest absolute Gasteiger partial charge is 0.480 e. The SMILES string of the molecule is CC(Oc1c([C@H](C)O)ccc2ccccc12)C(=O)N(C)C. The van der Waals surface area contributed by atoms with E-state index in [0.717, 1.165) is 10.8 Å². The van der Waals surface area contributed by atoms with Crippen LogP contribution in [-0.2, 0) is 4.79 Å². The van der Waals surface area contributed by atoms with E-state index in [1.54, 1.807) is 27.9 Å². The highest BCUT2D eigenvalue weighted by atomic mass is 16.5. The normalized spacial score (nSPS) is 13.8. The van der Waals surface area contributed by atoms with Gasteiger partial charge in [0.1, 0.15) is 5.75 Å². The molecule has 0 heterocycles. The molecule has 0 fully saturated rings. The number of rotatable bonds is 4. The number of aliphatic hydroxyl groups excluding tert-OH is 1. The Labute approximate surface area is 124 Å². The number of likely N-dealkylation sites (N-methyl/N-ethyl adjacent to an activating group) is 1. The van der Waals surface area contributed by atoms with Gasteiger partial charge in [-0.15, -0.1) is 0 Å². The molecule has 2 rings (SSSR count). The highest BCUT2D eigenvalue weighted by molar-refractivity contribution is 5.90. The summed E-state index contributed by atoms with van der Waals surface area (Å²) in [6, 6.07) is 11.6. The van der Waals surface area contributed by atoms with Crippen molar-refractivity contribution in [1.82, 2.24) is 4.90 Å². The minimum Gasteiger partial charge on any atom is -0.480 e. The highest BCUT2D eigenvalue weighted by Gasteiger charge is 2.21. The lowest BCUT2D eigenvalue weighted by Crippen LogP contribution is -2.35. The first-order valence-corrected chi connectivity index (χ1v) is 6.99. The van der Waals surface area contributed by atoms with Crippen molar-refractivity contribution in [3.63, 3.8) is 0 Å². The van der Waals surface area contributed by atoms with E-state index in [0.29, 0.717) is 11.3 Å². The molecule has 1 unspecified atom stereocenters. The average molecular weight is 287 g/mol. The highest BCUT2D eigenvalue weighted by Crippen LogP contribution is 2.34. The van der Waals surface area contributed by atoms with E-state index in [4.69, 9.17) is 4.74 Å². The predicted octanol–water partition coefficient (Wildman–Crippen LogP) is 2.75. The Morgan fingerprint density at radius 2 is 1.81 bits per heavy atom. The van der Waals surface area contributed by atoms with Crippen LogP contribution in [0.1, 0.15) is 25.5 Å². The Kier molecular flexibility index (Phi) is 4.48. The van der Waals surface area contributed by atoms with Crippen LogP contribution in [0.5, 0.6) is 5.75 Å². The zero-order valence-electron chi connectivity index (χ0n) is 12.8. The molecule has 0 aliphatic heterocycles. The number of ether oxygens (including phenoxy) is 1. The summed E-state index contributed by atoms with van der Waals surface area (Å²) < 4.78 is 5.89. The second-order valence-corrected chi connectivity index (χ2v) is 5.37. The van der Waals surface area contributed by atoms with Crippen LogP contribution < -0.4 is 4.74 Å². The first-order chi connectivity index (χ1) is 9.91. The van der Waals surface area contributed by atoms with Gasteiger partial charge in [-0.3, -0.25) is 4.79 Å². The van der Waals surface area contributed by atoms with Gasteiger partial charge >= 0.3 is 0 Å². The number of hydrogen-bond donors (Lipinski definition) is 1. The standard InChI is InChI=1S/C17H21NO3/c1-11(19)14-10-9-13-7-5-6-8-15(13)16(14)21-12(2)17(20)18(3)4/h5-12,19H,1-4H3/t11-,12?/m0/s1. The summed E-state index contributed by atoms with van der Waals surface area (Å²) >= 11 is 0. The van der Waals surface area contributed by atoms with Crippen LogP contribution in [0, 0.1) is 0 Å². The molecule has 2 aromatic rings. The van der Waals surface area contributed by atoms with Crippen molar-refractivity contribution in [3.05, 3.63) is 42.0 Å². The van der Waals surface area contributed by atoms with Gasteiger partial charge in [0.15, 0.2) is 6.10 Å². The first-order valence-electron chi connectivity index (χ1n) is 6.99. The summed E-state index contributed by atoms with van der Waals surface area (Å²) in [5.74, 6) is 0.463. The van der Waals surface area contributed by atoms with Gasteiger partial charge in [0.25, 0.3) is 5.91 Å². The van der Waals surface area contributed by atoms with Gasteiger partial charge < -0.3 is 14.7 Å². The number of amides is 1. The Morgan fingerprint density at radius 1 is 1.14 bits per heavy atom. The number of carbonyl (C=O) groups is 1. The molecule has 21 heavy (non-hydrogen) atoms. The van der Waals surface area contributed by atoms with E-state index in [9.17, 15) is 9.90 Å². The summed E-state index contributed by atoms with van der Waals surface area (Å²) in [6.45, 7) is 3.41. The van der Waals surface area contributed by atoms with Gasteiger partial charge in [-0.05, 0) is 19.2 Å². The molecular weight excluding hydrogens is 266 g/mol. The maximum Gasteiger partial charge on any atom is 0.262 e. The number of carbonyl (C=O) groups excluding carboxylic acids is 1. The summed E-state index contributed by atoms with van der Waals surface area (Å²) in [5.41, 5.74) is 0.687. The van der Waals surface area contributed by atoms with Crippen LogP contribution in [0.4, 0.5) is 0 Å². The lowest BCUT2D eigenvalue weighted by atomic mass is 10.0. The molecule has 0 radical (unpaired) electrons. The zero-order valence-corrected chi connectivity index (χ0v) is 12.8. The summed E-state index contributed by atoms with van der Waals surface area (Å²) in [5, 5.41) is 11.9. The van der Waals surface area contributed by atoms with Crippen LogP contribution in [0.3, 0.4) is 0 Å². The quantitative estimate of drug-likeness (QED) is 0.940. The smallest absolute Gasteiger partial charge is 0.262 e. The van der Waals surface area contributed by atoms with Crippen molar-refractivity contribution < 1.29 is 14.6 Å². The fourth-order valence-electron chi connectivity index (χ4n) is 2.31. The maximum atomic E-state index is 12.0. The third-order valence-electron chi connectivity index (χ3n) is 3.44. The number of aliphatic hydroxyl groups is 1. The molecule has 0 aliphatic rings. The summed E-state index contributed by atoms with van der Waals surface area (Å²) in [7, 11) is 3.39. The molecule has 1 N–H and O–H groups in total. The molecule has 0 saturated carbocycles. The van der Waals surface area contributed by atoms with Crippen LogP contribution in [0.2, 0.25) is 0 Å². The maximum absolute atomic E-state index is 12.0. The minimum absolute atomic E-state index is 0.112. The second kappa shape index (κ2) is 6.14. The van der Waals surface area contributed by atoms with Gasteiger partial charge in [-0.2, -0.15) is 0 Å². The second-order valence-electron chi connectivity index (χ2n) is 5.37. The first kappa shape index (κ1) is 15.3. The molecule has 112 valence electrons. The minimum atomic E-state index is -0.661. The Hall–Kier alpha value is -2.07. The molecular formula is C17H21NO3. The van der Waals surface area contributed by atoms with Crippen molar-refractivity contribution in [2.45, 2.75) is 26.1 Å². The molecule has 0 saturated heterocycles. The van der Waals surface area contributed by atoms with Gasteiger partial charge in [-0.1, -0.05) is 36.4 Å².